The zero-order valence-corrected chi connectivity index (χ0v) is 22.4. The molecule has 0 radical (unpaired) electrons. The van der Waals surface area contributed by atoms with Crippen LogP contribution in [0.4, 0.5) is 0 Å². The molecule has 0 spiro atoms. The predicted molar refractivity (Wildman–Crippen MR) is 143 cm³/mol. The van der Waals surface area contributed by atoms with Crippen LogP contribution in [0, 0.1) is 20.8 Å². The van der Waals surface area contributed by atoms with Crippen molar-refractivity contribution in [2.75, 3.05) is 7.11 Å². The molecule has 3 heterocycles. The van der Waals surface area contributed by atoms with Gasteiger partial charge in [0.15, 0.2) is 5.82 Å². The monoisotopic (exact) mass is 520 g/mol. The Morgan fingerprint density at radius 2 is 1.84 bits per heavy atom. The first-order valence-electron chi connectivity index (χ1n) is 11.7. The van der Waals surface area contributed by atoms with Crippen LogP contribution in [0.2, 0.25) is 5.02 Å². The molecule has 0 unspecified atom stereocenters. The minimum absolute atomic E-state index is 0.253. The van der Waals surface area contributed by atoms with Crippen LogP contribution in [0.1, 0.15) is 42.1 Å². The normalized spacial score (nSPS) is 11.5. The Balaban J connectivity index is 1.73. The van der Waals surface area contributed by atoms with Crippen molar-refractivity contribution in [1.82, 2.24) is 19.5 Å². The highest BCUT2D eigenvalue weighted by Gasteiger charge is 2.22. The molecular formula is C28H29ClN4O4. The van der Waals surface area contributed by atoms with Gasteiger partial charge >= 0.3 is 0 Å². The van der Waals surface area contributed by atoms with Crippen molar-refractivity contribution in [3.8, 4) is 28.6 Å². The molecule has 0 aliphatic heterocycles. The van der Waals surface area contributed by atoms with Crippen LogP contribution in [0.5, 0.6) is 11.5 Å². The van der Waals surface area contributed by atoms with E-state index in [-0.39, 0.29) is 18.0 Å². The van der Waals surface area contributed by atoms with E-state index in [0.717, 1.165) is 16.9 Å². The minimum Gasteiger partial charge on any atom is -0.497 e. The lowest BCUT2D eigenvalue weighted by molar-refractivity contribution is 0.0688. The Labute approximate surface area is 220 Å². The first-order chi connectivity index (χ1) is 17.5. The van der Waals surface area contributed by atoms with Gasteiger partial charge in [0.1, 0.15) is 23.7 Å². The lowest BCUT2D eigenvalue weighted by atomic mass is 10.1. The number of methoxy groups -OCH3 is 1. The summed E-state index contributed by atoms with van der Waals surface area (Å²) in [6.07, 6.45) is 3.13. The molecule has 0 saturated heterocycles. The summed E-state index contributed by atoms with van der Waals surface area (Å²) < 4.78 is 12.8. The van der Waals surface area contributed by atoms with Crippen LogP contribution in [0.25, 0.3) is 17.1 Å². The van der Waals surface area contributed by atoms with E-state index in [2.05, 4.69) is 15.0 Å². The Kier molecular flexibility index (Phi) is 7.34. The van der Waals surface area contributed by atoms with Gasteiger partial charge in [0.25, 0.3) is 5.56 Å². The van der Waals surface area contributed by atoms with Gasteiger partial charge < -0.3 is 14.6 Å². The van der Waals surface area contributed by atoms with Crippen LogP contribution in [-0.4, -0.2) is 31.7 Å². The molecule has 1 aromatic carbocycles. The number of benzene rings is 1. The fourth-order valence-corrected chi connectivity index (χ4v) is 4.08. The summed E-state index contributed by atoms with van der Waals surface area (Å²) in [4.78, 5) is 26.7. The summed E-state index contributed by atoms with van der Waals surface area (Å²) in [5, 5.41) is 10.7. The topological polar surface area (TPSA) is 99.4 Å². The van der Waals surface area contributed by atoms with Gasteiger partial charge in [-0.1, -0.05) is 23.7 Å². The number of rotatable bonds is 7. The highest BCUT2D eigenvalue weighted by Crippen LogP contribution is 2.29. The Morgan fingerprint density at radius 3 is 2.54 bits per heavy atom. The molecule has 0 aliphatic carbocycles. The number of aromatic nitrogens is 4. The third-order valence-corrected chi connectivity index (χ3v) is 6.24. The Morgan fingerprint density at radius 1 is 1.08 bits per heavy atom. The first-order valence-corrected chi connectivity index (χ1v) is 12.1. The van der Waals surface area contributed by atoms with Gasteiger partial charge in [0, 0.05) is 24.2 Å². The molecule has 0 bridgehead atoms. The van der Waals surface area contributed by atoms with Crippen LogP contribution in [-0.2, 0) is 12.2 Å². The predicted octanol–water partition coefficient (Wildman–Crippen LogP) is 5.08. The van der Waals surface area contributed by atoms with Crippen LogP contribution < -0.4 is 15.0 Å². The molecule has 0 fully saturated rings. The molecule has 4 rings (SSSR count). The molecule has 3 aromatic heterocycles. The second kappa shape index (κ2) is 10.3. The van der Waals surface area contributed by atoms with Gasteiger partial charge in [-0.25, -0.2) is 9.97 Å². The Hall–Kier alpha value is -3.75. The highest BCUT2D eigenvalue weighted by molar-refractivity contribution is 6.32. The number of halogens is 1. The summed E-state index contributed by atoms with van der Waals surface area (Å²) in [5.41, 5.74) is 2.84. The van der Waals surface area contributed by atoms with Crippen LogP contribution >= 0.6 is 11.6 Å². The average molecular weight is 521 g/mol. The van der Waals surface area contributed by atoms with E-state index in [0.29, 0.717) is 39.1 Å². The van der Waals surface area contributed by atoms with Gasteiger partial charge in [-0.2, -0.15) is 0 Å². The molecule has 0 amide bonds. The van der Waals surface area contributed by atoms with Gasteiger partial charge in [-0.15, -0.1) is 0 Å². The van der Waals surface area contributed by atoms with E-state index in [9.17, 15) is 9.90 Å². The maximum atomic E-state index is 13.5. The van der Waals surface area contributed by atoms with Crippen molar-refractivity contribution in [3.63, 3.8) is 0 Å². The molecule has 37 heavy (non-hydrogen) atoms. The summed E-state index contributed by atoms with van der Waals surface area (Å²) in [5.74, 6) is 1.50. The second-order valence-corrected chi connectivity index (χ2v) is 9.77. The van der Waals surface area contributed by atoms with Crippen molar-refractivity contribution >= 4 is 11.6 Å². The summed E-state index contributed by atoms with van der Waals surface area (Å²) in [7, 11) is 1.61. The third kappa shape index (κ3) is 5.50. The third-order valence-electron chi connectivity index (χ3n) is 5.95. The van der Waals surface area contributed by atoms with Crippen molar-refractivity contribution in [3.05, 3.63) is 92.4 Å². The fourth-order valence-electron chi connectivity index (χ4n) is 3.89. The van der Waals surface area contributed by atoms with Gasteiger partial charge in [-0.05, 0) is 63.9 Å². The highest BCUT2D eigenvalue weighted by atomic mass is 35.5. The number of nitrogens with zero attached hydrogens (tertiary/aromatic N) is 4. The molecule has 0 aliphatic rings. The van der Waals surface area contributed by atoms with Crippen molar-refractivity contribution < 1.29 is 14.6 Å². The lowest BCUT2D eigenvalue weighted by Crippen LogP contribution is -2.24. The summed E-state index contributed by atoms with van der Waals surface area (Å²) in [6.45, 7) is 8.92. The van der Waals surface area contributed by atoms with Crippen molar-refractivity contribution in [2.45, 2.75) is 46.8 Å². The fraction of sp³-hybridized carbons (Fsp3) is 0.286. The van der Waals surface area contributed by atoms with E-state index in [1.54, 1.807) is 40.1 Å². The molecule has 4 aromatic rings. The molecule has 1 N–H and O–H groups in total. The molecular weight excluding hydrogens is 492 g/mol. The number of pyridine rings is 2. The average Bonchev–Trinajstić information content (AvgIpc) is 2.86. The zero-order chi connectivity index (χ0) is 26.9. The van der Waals surface area contributed by atoms with Crippen molar-refractivity contribution in [1.29, 1.82) is 0 Å². The number of aliphatic hydroxyl groups is 1. The van der Waals surface area contributed by atoms with E-state index in [1.165, 1.54) is 10.8 Å². The van der Waals surface area contributed by atoms with E-state index < -0.39 is 5.60 Å². The molecule has 0 atom stereocenters. The number of aryl methyl sites for hydroxylation is 2. The zero-order valence-electron chi connectivity index (χ0n) is 21.7. The number of hydrogen-bond acceptors (Lipinski definition) is 7. The van der Waals surface area contributed by atoms with E-state index >= 15 is 0 Å². The number of ether oxygens (including phenoxy) is 2. The first kappa shape index (κ1) is 26.3. The van der Waals surface area contributed by atoms with E-state index in [4.69, 9.17) is 21.1 Å². The molecule has 8 nitrogen and oxygen atoms in total. The minimum atomic E-state index is -1.22. The van der Waals surface area contributed by atoms with Gasteiger partial charge in [0.05, 0.1) is 34.8 Å². The SMILES string of the molecule is COc1cccc(COc2cc(C)n(-c3cc(-c4nc(C(C)(C)O)ncc4C)ncc3Cl)c(=O)c2C)c1. The smallest absolute Gasteiger partial charge is 0.261 e. The van der Waals surface area contributed by atoms with Gasteiger partial charge in [0.2, 0.25) is 0 Å². The number of hydrogen-bond donors (Lipinski definition) is 1. The molecule has 192 valence electrons. The molecule has 0 saturated carbocycles. The second-order valence-electron chi connectivity index (χ2n) is 9.36. The summed E-state index contributed by atoms with van der Waals surface area (Å²) >= 11 is 6.53. The maximum Gasteiger partial charge on any atom is 0.261 e. The maximum absolute atomic E-state index is 13.5. The van der Waals surface area contributed by atoms with Gasteiger partial charge in [-0.3, -0.25) is 14.3 Å². The standard InChI is InChI=1S/C28H29ClN4O4/c1-16-13-31-27(28(4,5)35)32-25(16)22-12-23(21(29)14-30-22)33-17(2)10-24(18(3)26(33)34)37-15-19-8-7-9-20(11-19)36-6/h7-14,35H,15H2,1-6H3. The Bertz CT molecular complexity index is 1530. The van der Waals surface area contributed by atoms with E-state index in [1.807, 2.05) is 44.2 Å². The van der Waals surface area contributed by atoms with Crippen LogP contribution in [0.3, 0.4) is 0 Å². The summed E-state index contributed by atoms with van der Waals surface area (Å²) in [6, 6.07) is 11.1. The molecule has 9 heteroatoms. The lowest BCUT2D eigenvalue weighted by Gasteiger charge is -2.18. The quantitative estimate of drug-likeness (QED) is 0.362. The van der Waals surface area contributed by atoms with Crippen LogP contribution in [0.15, 0.2) is 53.6 Å². The largest absolute Gasteiger partial charge is 0.497 e. The van der Waals surface area contributed by atoms with Crippen molar-refractivity contribution in [2.24, 2.45) is 0 Å².